The summed E-state index contributed by atoms with van der Waals surface area (Å²) in [7, 11) is 0. The van der Waals surface area contributed by atoms with Crippen molar-refractivity contribution in [3.8, 4) is 0 Å². The second-order valence-electron chi connectivity index (χ2n) is 4.49. The van der Waals surface area contributed by atoms with Gasteiger partial charge in [-0.3, -0.25) is 0 Å². The van der Waals surface area contributed by atoms with Crippen LogP contribution in [0.1, 0.15) is 16.0 Å². The topological polar surface area (TPSA) is 12.0 Å². The number of nitrogens with one attached hydrogen (secondary N) is 1. The fourth-order valence-corrected chi connectivity index (χ4v) is 3.42. The molecule has 3 heteroatoms. The minimum atomic E-state index is 0.577. The number of rotatable bonds is 3. The molecule has 17 heavy (non-hydrogen) atoms. The van der Waals surface area contributed by atoms with Gasteiger partial charge in [0.2, 0.25) is 0 Å². The van der Waals surface area contributed by atoms with Crippen LogP contribution < -0.4 is 5.32 Å². The summed E-state index contributed by atoms with van der Waals surface area (Å²) in [5, 5.41) is 6.45. The van der Waals surface area contributed by atoms with Gasteiger partial charge >= 0.3 is 0 Å². The maximum absolute atomic E-state index is 5.91. The van der Waals surface area contributed by atoms with Crippen LogP contribution in [0.3, 0.4) is 0 Å². The van der Waals surface area contributed by atoms with Crippen molar-refractivity contribution in [2.45, 2.75) is 25.4 Å². The lowest BCUT2D eigenvalue weighted by Crippen LogP contribution is -2.28. The molecule has 1 aliphatic carbocycles. The zero-order valence-corrected chi connectivity index (χ0v) is 11.0. The summed E-state index contributed by atoms with van der Waals surface area (Å²) in [6.07, 6.45) is 2.30. The SMILES string of the molecule is Clc1csc(CNC2Cc3ccccc3C2)c1. The monoisotopic (exact) mass is 263 g/mol. The van der Waals surface area contributed by atoms with Gasteiger partial charge in [-0.25, -0.2) is 0 Å². The van der Waals surface area contributed by atoms with Crippen LogP contribution in [0.5, 0.6) is 0 Å². The Kier molecular flexibility index (Phi) is 3.19. The summed E-state index contributed by atoms with van der Waals surface area (Å²) >= 11 is 7.63. The van der Waals surface area contributed by atoms with Gasteiger partial charge in [-0.05, 0) is 30.0 Å². The van der Waals surface area contributed by atoms with E-state index in [9.17, 15) is 0 Å². The van der Waals surface area contributed by atoms with Crippen molar-refractivity contribution >= 4 is 22.9 Å². The Balaban J connectivity index is 1.59. The number of hydrogen-bond donors (Lipinski definition) is 1. The zero-order valence-electron chi connectivity index (χ0n) is 9.45. The maximum atomic E-state index is 5.91. The molecule has 0 radical (unpaired) electrons. The molecule has 2 aromatic rings. The van der Waals surface area contributed by atoms with E-state index in [4.69, 9.17) is 11.6 Å². The lowest BCUT2D eigenvalue weighted by atomic mass is 10.1. The molecule has 0 saturated carbocycles. The molecule has 1 aromatic heterocycles. The third-order valence-electron chi connectivity index (χ3n) is 3.24. The second kappa shape index (κ2) is 4.81. The molecule has 0 unspecified atom stereocenters. The van der Waals surface area contributed by atoms with Crippen molar-refractivity contribution in [3.63, 3.8) is 0 Å². The minimum absolute atomic E-state index is 0.577. The summed E-state index contributed by atoms with van der Waals surface area (Å²) in [6, 6.07) is 11.3. The van der Waals surface area contributed by atoms with Crippen LogP contribution in [0.4, 0.5) is 0 Å². The van der Waals surface area contributed by atoms with E-state index >= 15 is 0 Å². The van der Waals surface area contributed by atoms with Crippen LogP contribution in [0, 0.1) is 0 Å². The Morgan fingerprint density at radius 2 is 1.94 bits per heavy atom. The van der Waals surface area contributed by atoms with Gasteiger partial charge in [0, 0.05) is 22.8 Å². The van der Waals surface area contributed by atoms with E-state index in [0.717, 1.165) is 24.4 Å². The molecule has 0 fully saturated rings. The smallest absolute Gasteiger partial charge is 0.0516 e. The van der Waals surface area contributed by atoms with Crippen LogP contribution >= 0.6 is 22.9 Å². The van der Waals surface area contributed by atoms with E-state index in [1.54, 1.807) is 11.3 Å². The quantitative estimate of drug-likeness (QED) is 0.891. The third kappa shape index (κ3) is 2.54. The molecule has 88 valence electrons. The van der Waals surface area contributed by atoms with E-state index in [2.05, 4.69) is 29.6 Å². The molecule has 0 amide bonds. The van der Waals surface area contributed by atoms with E-state index in [-0.39, 0.29) is 0 Å². The molecule has 1 aliphatic rings. The lowest BCUT2D eigenvalue weighted by Gasteiger charge is -2.10. The van der Waals surface area contributed by atoms with Gasteiger partial charge in [-0.1, -0.05) is 35.9 Å². The molecular weight excluding hydrogens is 250 g/mol. The highest BCUT2D eigenvalue weighted by Gasteiger charge is 2.20. The van der Waals surface area contributed by atoms with Crippen molar-refractivity contribution in [3.05, 3.63) is 56.7 Å². The Hall–Kier alpha value is -0.830. The second-order valence-corrected chi connectivity index (χ2v) is 5.92. The van der Waals surface area contributed by atoms with Crippen LogP contribution in [0.2, 0.25) is 5.02 Å². The van der Waals surface area contributed by atoms with Crippen molar-refractivity contribution in [2.24, 2.45) is 0 Å². The largest absolute Gasteiger partial charge is 0.308 e. The highest BCUT2D eigenvalue weighted by molar-refractivity contribution is 7.10. The van der Waals surface area contributed by atoms with Gasteiger partial charge in [0.15, 0.2) is 0 Å². The first-order valence-electron chi connectivity index (χ1n) is 5.84. The van der Waals surface area contributed by atoms with Crippen molar-refractivity contribution < 1.29 is 0 Å². The van der Waals surface area contributed by atoms with Crippen molar-refractivity contribution in [2.75, 3.05) is 0 Å². The fraction of sp³-hybridized carbons (Fsp3) is 0.286. The van der Waals surface area contributed by atoms with Gasteiger partial charge in [0.25, 0.3) is 0 Å². The molecule has 0 atom stereocenters. The minimum Gasteiger partial charge on any atom is -0.308 e. The van der Waals surface area contributed by atoms with Gasteiger partial charge in [0.1, 0.15) is 0 Å². The Bertz CT molecular complexity index is 495. The van der Waals surface area contributed by atoms with Crippen LogP contribution in [-0.4, -0.2) is 6.04 Å². The first-order chi connectivity index (χ1) is 8.31. The maximum Gasteiger partial charge on any atom is 0.0516 e. The highest BCUT2D eigenvalue weighted by Crippen LogP contribution is 2.23. The molecule has 1 nitrogen and oxygen atoms in total. The molecule has 1 N–H and O–H groups in total. The molecular formula is C14H14ClNS. The summed E-state index contributed by atoms with van der Waals surface area (Å²) in [4.78, 5) is 1.31. The van der Waals surface area contributed by atoms with E-state index in [1.807, 2.05) is 11.4 Å². The number of fused-ring (bicyclic) bond motifs is 1. The van der Waals surface area contributed by atoms with E-state index in [0.29, 0.717) is 6.04 Å². The highest BCUT2D eigenvalue weighted by atomic mass is 35.5. The number of halogens is 1. The van der Waals surface area contributed by atoms with Gasteiger partial charge in [-0.2, -0.15) is 0 Å². The Morgan fingerprint density at radius 3 is 2.53 bits per heavy atom. The van der Waals surface area contributed by atoms with Crippen LogP contribution in [-0.2, 0) is 19.4 Å². The Labute approximate surface area is 110 Å². The van der Waals surface area contributed by atoms with Gasteiger partial charge in [-0.15, -0.1) is 11.3 Å². The summed E-state index contributed by atoms with van der Waals surface area (Å²) in [6.45, 7) is 0.927. The van der Waals surface area contributed by atoms with Crippen molar-refractivity contribution in [1.82, 2.24) is 5.32 Å². The van der Waals surface area contributed by atoms with Gasteiger partial charge < -0.3 is 5.32 Å². The standard InChI is InChI=1S/C14H14ClNS/c15-12-7-14(17-9-12)8-16-13-5-10-3-1-2-4-11(10)6-13/h1-4,7,9,13,16H,5-6,8H2. The molecule has 1 heterocycles. The summed E-state index contributed by atoms with van der Waals surface area (Å²) < 4.78 is 0. The molecule has 0 spiro atoms. The molecule has 0 bridgehead atoms. The number of hydrogen-bond acceptors (Lipinski definition) is 2. The molecule has 1 aromatic carbocycles. The normalized spacial score (nSPS) is 15.1. The first kappa shape index (κ1) is 11.3. The van der Waals surface area contributed by atoms with E-state index in [1.165, 1.54) is 16.0 Å². The lowest BCUT2D eigenvalue weighted by molar-refractivity contribution is 0.536. The Morgan fingerprint density at radius 1 is 1.24 bits per heavy atom. The molecule has 0 saturated heterocycles. The fourth-order valence-electron chi connectivity index (χ4n) is 2.39. The predicted octanol–water partition coefficient (Wildman–Crippen LogP) is 3.66. The average molecular weight is 264 g/mol. The summed E-state index contributed by atoms with van der Waals surface area (Å²) in [5.74, 6) is 0. The number of benzene rings is 1. The third-order valence-corrected chi connectivity index (χ3v) is 4.52. The molecule has 0 aliphatic heterocycles. The van der Waals surface area contributed by atoms with Crippen LogP contribution in [0.25, 0.3) is 0 Å². The first-order valence-corrected chi connectivity index (χ1v) is 7.10. The van der Waals surface area contributed by atoms with Crippen molar-refractivity contribution in [1.29, 1.82) is 0 Å². The van der Waals surface area contributed by atoms with E-state index < -0.39 is 0 Å². The number of thiophene rings is 1. The molecule has 3 rings (SSSR count). The predicted molar refractivity (Wildman–Crippen MR) is 73.8 cm³/mol. The average Bonchev–Trinajstić information content (AvgIpc) is 2.91. The van der Waals surface area contributed by atoms with Crippen LogP contribution in [0.15, 0.2) is 35.7 Å². The zero-order chi connectivity index (χ0) is 11.7. The van der Waals surface area contributed by atoms with Gasteiger partial charge in [0.05, 0.1) is 5.02 Å². The summed E-state index contributed by atoms with van der Waals surface area (Å²) in [5.41, 5.74) is 2.99.